The molecule has 0 saturated carbocycles. The number of aliphatic carboxylic acids is 1. The molecule has 0 aliphatic rings. The van der Waals surface area contributed by atoms with Crippen molar-refractivity contribution in [1.29, 1.82) is 0 Å². The average Bonchev–Trinajstić information content (AvgIpc) is 2.39. The molecule has 0 aromatic heterocycles. The van der Waals surface area contributed by atoms with Gasteiger partial charge in [-0.3, -0.25) is 9.59 Å². The highest BCUT2D eigenvalue weighted by Gasteiger charge is 2.11. The van der Waals surface area contributed by atoms with Gasteiger partial charge in [-0.25, -0.2) is 0 Å². The van der Waals surface area contributed by atoms with Gasteiger partial charge in [0.25, 0.3) is 5.91 Å². The number of nitrogens with one attached hydrogen (secondary N) is 1. The Morgan fingerprint density at radius 1 is 1.47 bits per heavy atom. The van der Waals surface area contributed by atoms with Gasteiger partial charge in [0.2, 0.25) is 0 Å². The minimum atomic E-state index is -0.901. The van der Waals surface area contributed by atoms with Crippen molar-refractivity contribution in [2.75, 3.05) is 0 Å². The quantitative estimate of drug-likeness (QED) is 0.671. The fourth-order valence-corrected chi connectivity index (χ4v) is 1.85. The van der Waals surface area contributed by atoms with Gasteiger partial charge in [0.05, 0.1) is 5.25 Å². The number of carbonyl (C=O) groups is 2. The molecule has 0 fully saturated rings. The van der Waals surface area contributed by atoms with Gasteiger partial charge in [0.1, 0.15) is 0 Å². The molecule has 1 amide bonds. The molecule has 102 valence electrons. The first-order valence-corrected chi connectivity index (χ1v) is 6.48. The van der Waals surface area contributed by atoms with E-state index in [0.717, 1.165) is 12.0 Å². The van der Waals surface area contributed by atoms with Crippen molar-refractivity contribution in [1.82, 2.24) is 5.32 Å². The smallest absolute Gasteiger partial charge is 0.316 e. The van der Waals surface area contributed by atoms with E-state index >= 15 is 0 Å². The predicted molar refractivity (Wildman–Crippen MR) is 77.5 cm³/mol. The molecule has 0 radical (unpaired) electrons. The summed E-state index contributed by atoms with van der Waals surface area (Å²) in [5.74, 6) is -1.10. The summed E-state index contributed by atoms with van der Waals surface area (Å²) in [6, 6.07) is 7.25. The Labute approximate surface area is 117 Å². The van der Waals surface area contributed by atoms with E-state index in [1.54, 1.807) is 12.1 Å². The molecule has 1 rings (SSSR count). The second-order valence-corrected chi connectivity index (χ2v) is 4.75. The largest absolute Gasteiger partial charge is 0.480 e. The number of amides is 1. The molecule has 0 spiro atoms. The number of rotatable bonds is 7. The minimum Gasteiger partial charge on any atom is -0.480 e. The Bertz CT molecular complexity index is 474. The summed E-state index contributed by atoms with van der Waals surface area (Å²) in [5, 5.41) is 10.6. The third kappa shape index (κ3) is 5.18. The van der Waals surface area contributed by atoms with E-state index in [4.69, 9.17) is 5.11 Å². The Kier molecular flexibility index (Phi) is 6.15. The van der Waals surface area contributed by atoms with Crippen LogP contribution in [-0.4, -0.2) is 22.2 Å². The van der Waals surface area contributed by atoms with Crippen molar-refractivity contribution in [2.45, 2.75) is 24.5 Å². The summed E-state index contributed by atoms with van der Waals surface area (Å²) in [6.07, 6.45) is 3.28. The van der Waals surface area contributed by atoms with Crippen molar-refractivity contribution in [3.8, 4) is 0 Å². The fraction of sp³-hybridized carbons (Fsp3) is 0.286. The van der Waals surface area contributed by atoms with Crippen LogP contribution in [0.4, 0.5) is 0 Å². The van der Waals surface area contributed by atoms with Crippen LogP contribution in [0.2, 0.25) is 0 Å². The first-order chi connectivity index (χ1) is 9.04. The lowest BCUT2D eigenvalue weighted by Crippen LogP contribution is -2.16. The van der Waals surface area contributed by atoms with Crippen molar-refractivity contribution in [3.63, 3.8) is 0 Å². The molecular formula is C14H17NO3S. The van der Waals surface area contributed by atoms with Gasteiger partial charge < -0.3 is 10.4 Å². The lowest BCUT2D eigenvalue weighted by molar-refractivity contribution is -0.136. The summed E-state index contributed by atoms with van der Waals surface area (Å²) in [6.45, 7) is 3.44. The zero-order chi connectivity index (χ0) is 14.3. The SMILES string of the molecule is C=CNC(=O)c1cccc(CCCC(S)C(=O)O)c1. The van der Waals surface area contributed by atoms with Crippen molar-refractivity contribution < 1.29 is 14.7 Å². The van der Waals surface area contributed by atoms with E-state index in [9.17, 15) is 9.59 Å². The maximum atomic E-state index is 11.6. The van der Waals surface area contributed by atoms with E-state index in [2.05, 4.69) is 24.5 Å². The Morgan fingerprint density at radius 3 is 2.84 bits per heavy atom. The van der Waals surface area contributed by atoms with Crippen LogP contribution in [0.3, 0.4) is 0 Å². The third-order valence-electron chi connectivity index (χ3n) is 2.65. The van der Waals surface area contributed by atoms with Crippen molar-refractivity contribution >= 4 is 24.5 Å². The van der Waals surface area contributed by atoms with Gasteiger partial charge >= 0.3 is 5.97 Å². The van der Waals surface area contributed by atoms with Gasteiger partial charge in [-0.1, -0.05) is 18.7 Å². The molecule has 0 aliphatic heterocycles. The lowest BCUT2D eigenvalue weighted by atomic mass is 10.0. The van der Waals surface area contributed by atoms with E-state index in [1.807, 2.05) is 12.1 Å². The Hall–Kier alpha value is -1.75. The van der Waals surface area contributed by atoms with E-state index in [-0.39, 0.29) is 5.91 Å². The number of benzene rings is 1. The van der Waals surface area contributed by atoms with Gasteiger partial charge in [-0.2, -0.15) is 12.6 Å². The summed E-state index contributed by atoms with van der Waals surface area (Å²) in [4.78, 5) is 22.2. The maximum absolute atomic E-state index is 11.6. The first kappa shape index (κ1) is 15.3. The summed E-state index contributed by atoms with van der Waals surface area (Å²) >= 11 is 3.98. The molecule has 0 bridgehead atoms. The number of hydrogen-bond acceptors (Lipinski definition) is 3. The lowest BCUT2D eigenvalue weighted by Gasteiger charge is -2.06. The highest BCUT2D eigenvalue weighted by atomic mass is 32.1. The normalized spacial score (nSPS) is 11.6. The molecule has 1 atom stereocenters. The van der Waals surface area contributed by atoms with Crippen LogP contribution in [0.5, 0.6) is 0 Å². The van der Waals surface area contributed by atoms with Crippen LogP contribution >= 0.6 is 12.6 Å². The molecular weight excluding hydrogens is 262 g/mol. The molecule has 2 N–H and O–H groups in total. The first-order valence-electron chi connectivity index (χ1n) is 5.96. The number of aryl methyl sites for hydroxylation is 1. The summed E-state index contributed by atoms with van der Waals surface area (Å²) < 4.78 is 0. The molecule has 0 aliphatic carbocycles. The predicted octanol–water partition coefficient (Wildman–Crippen LogP) is 2.27. The number of carboxylic acids is 1. The van der Waals surface area contributed by atoms with E-state index < -0.39 is 11.2 Å². The standard InChI is InChI=1S/C14H17NO3S/c1-2-15-13(16)11-7-3-5-10(9-11)6-4-8-12(19)14(17)18/h2-3,5,7,9,12,19H,1,4,6,8H2,(H,15,16)(H,17,18). The third-order valence-corrected chi connectivity index (χ3v) is 3.13. The van der Waals surface area contributed by atoms with Crippen LogP contribution in [0, 0.1) is 0 Å². The van der Waals surface area contributed by atoms with Gasteiger partial charge in [0, 0.05) is 5.56 Å². The van der Waals surface area contributed by atoms with E-state index in [1.165, 1.54) is 6.20 Å². The zero-order valence-electron chi connectivity index (χ0n) is 10.5. The number of carbonyl (C=O) groups excluding carboxylic acids is 1. The second kappa shape index (κ2) is 7.63. The van der Waals surface area contributed by atoms with Crippen LogP contribution < -0.4 is 5.32 Å². The second-order valence-electron chi connectivity index (χ2n) is 4.12. The van der Waals surface area contributed by atoms with E-state index in [0.29, 0.717) is 18.4 Å². The monoisotopic (exact) mass is 279 g/mol. The zero-order valence-corrected chi connectivity index (χ0v) is 11.4. The van der Waals surface area contributed by atoms with Gasteiger partial charge in [-0.15, -0.1) is 0 Å². The topological polar surface area (TPSA) is 66.4 Å². The Balaban J connectivity index is 2.55. The summed E-state index contributed by atoms with van der Waals surface area (Å²) in [5.41, 5.74) is 1.57. The highest BCUT2D eigenvalue weighted by Crippen LogP contribution is 2.12. The fourth-order valence-electron chi connectivity index (χ4n) is 1.67. The van der Waals surface area contributed by atoms with Gasteiger partial charge in [-0.05, 0) is 43.2 Å². The molecule has 1 aromatic carbocycles. The molecule has 0 saturated heterocycles. The highest BCUT2D eigenvalue weighted by molar-refractivity contribution is 7.81. The average molecular weight is 279 g/mol. The molecule has 0 heterocycles. The molecule has 19 heavy (non-hydrogen) atoms. The molecule has 1 unspecified atom stereocenters. The van der Waals surface area contributed by atoms with Crippen molar-refractivity contribution in [3.05, 3.63) is 48.2 Å². The number of carboxylic acid groups (broad SMARTS) is 1. The van der Waals surface area contributed by atoms with Crippen molar-refractivity contribution in [2.24, 2.45) is 0 Å². The molecule has 4 nitrogen and oxygen atoms in total. The van der Waals surface area contributed by atoms with Gasteiger partial charge in [0.15, 0.2) is 0 Å². The minimum absolute atomic E-state index is 0.200. The maximum Gasteiger partial charge on any atom is 0.316 e. The number of thiol groups is 1. The molecule has 5 heteroatoms. The molecule has 1 aromatic rings. The summed E-state index contributed by atoms with van der Waals surface area (Å²) in [7, 11) is 0. The van der Waals surface area contributed by atoms with Crippen LogP contribution in [-0.2, 0) is 11.2 Å². The Morgan fingerprint density at radius 2 is 2.21 bits per heavy atom. The van der Waals surface area contributed by atoms with Crippen LogP contribution in [0.1, 0.15) is 28.8 Å². The van der Waals surface area contributed by atoms with Crippen LogP contribution in [0.15, 0.2) is 37.0 Å². The number of hydrogen-bond donors (Lipinski definition) is 3. The van der Waals surface area contributed by atoms with Crippen LogP contribution in [0.25, 0.3) is 0 Å².